The van der Waals surface area contributed by atoms with Crippen molar-refractivity contribution in [1.82, 2.24) is 9.88 Å². The van der Waals surface area contributed by atoms with E-state index >= 15 is 0 Å². The molecule has 4 aromatic rings. The molecule has 11 heteroatoms. The van der Waals surface area contributed by atoms with E-state index in [1.54, 1.807) is 66.6 Å². The van der Waals surface area contributed by atoms with Gasteiger partial charge < -0.3 is 9.64 Å². The minimum absolute atomic E-state index is 0.105. The third-order valence-electron chi connectivity index (χ3n) is 6.13. The van der Waals surface area contributed by atoms with E-state index in [9.17, 15) is 13.2 Å². The first-order valence-corrected chi connectivity index (χ1v) is 14.8. The molecule has 0 spiro atoms. The monoisotopic (exact) mass is 572 g/mol. The minimum atomic E-state index is -3.90. The molecule has 3 aromatic carbocycles. The van der Waals surface area contributed by atoms with Gasteiger partial charge in [-0.15, -0.1) is 0 Å². The number of fused-ring (bicyclic) bond motifs is 1. The number of amides is 1. The normalized spacial score (nSPS) is 11.6. The summed E-state index contributed by atoms with van der Waals surface area (Å²) in [6, 6.07) is 18.1. The Hall–Kier alpha value is -3.18. The van der Waals surface area contributed by atoms with Crippen LogP contribution >= 0.6 is 22.9 Å². The molecule has 1 aromatic heterocycles. The van der Waals surface area contributed by atoms with Gasteiger partial charge in [0.2, 0.25) is 0 Å². The van der Waals surface area contributed by atoms with Crippen LogP contribution in [0, 0.1) is 0 Å². The van der Waals surface area contributed by atoms with Crippen LogP contribution in [0.5, 0.6) is 5.75 Å². The molecule has 0 unspecified atom stereocenters. The number of para-hydroxylation sites is 1. The van der Waals surface area contributed by atoms with E-state index in [1.165, 1.54) is 23.5 Å². The SMILES string of the molecule is CCN(CC)CCN(C(=O)c1ccccc1NS(=O)(=O)c1ccccc1)c1nc2c(OC)ccc(Cl)c2s1. The summed E-state index contributed by atoms with van der Waals surface area (Å²) >= 11 is 7.75. The largest absolute Gasteiger partial charge is 0.494 e. The number of hydrogen-bond donors (Lipinski definition) is 1. The van der Waals surface area contributed by atoms with Crippen LogP contribution < -0.4 is 14.4 Å². The van der Waals surface area contributed by atoms with Gasteiger partial charge in [-0.3, -0.25) is 14.4 Å². The summed E-state index contributed by atoms with van der Waals surface area (Å²) < 4.78 is 34.9. The number of methoxy groups -OCH3 is 1. The number of carbonyl (C=O) groups is 1. The van der Waals surface area contributed by atoms with Crippen molar-refractivity contribution in [2.24, 2.45) is 0 Å². The highest BCUT2D eigenvalue weighted by atomic mass is 35.5. The first-order chi connectivity index (χ1) is 18.3. The number of halogens is 1. The zero-order valence-electron chi connectivity index (χ0n) is 21.3. The molecule has 0 atom stereocenters. The Labute approximate surface area is 231 Å². The molecule has 8 nitrogen and oxygen atoms in total. The number of anilines is 2. The van der Waals surface area contributed by atoms with E-state index in [2.05, 4.69) is 23.5 Å². The summed E-state index contributed by atoms with van der Waals surface area (Å²) in [6.45, 7) is 6.73. The molecule has 0 fully saturated rings. The molecule has 0 radical (unpaired) electrons. The molecule has 1 heterocycles. The molecule has 4 rings (SSSR count). The summed E-state index contributed by atoms with van der Waals surface area (Å²) in [5.41, 5.74) is 0.966. The maximum Gasteiger partial charge on any atom is 0.262 e. The maximum atomic E-state index is 14.1. The zero-order valence-corrected chi connectivity index (χ0v) is 23.7. The van der Waals surface area contributed by atoms with Crippen LogP contribution in [-0.2, 0) is 10.0 Å². The summed E-state index contributed by atoms with van der Waals surface area (Å²) in [4.78, 5) is 22.7. The number of sulfonamides is 1. The predicted octanol–water partition coefficient (Wildman–Crippen LogP) is 5.75. The van der Waals surface area contributed by atoms with Crippen molar-refractivity contribution in [3.05, 3.63) is 77.3 Å². The zero-order chi connectivity index (χ0) is 27.3. The number of carbonyl (C=O) groups excluding carboxylic acids is 1. The summed E-state index contributed by atoms with van der Waals surface area (Å²) in [7, 11) is -2.35. The highest BCUT2D eigenvalue weighted by Gasteiger charge is 2.26. The van der Waals surface area contributed by atoms with Crippen LogP contribution in [0.3, 0.4) is 0 Å². The second-order valence-electron chi connectivity index (χ2n) is 8.37. The van der Waals surface area contributed by atoms with Crippen LogP contribution in [-0.4, -0.2) is 57.5 Å². The molecule has 1 amide bonds. The number of nitrogens with one attached hydrogen (secondary N) is 1. The number of ether oxygens (including phenoxy) is 1. The van der Waals surface area contributed by atoms with Crippen molar-refractivity contribution in [2.45, 2.75) is 18.7 Å². The van der Waals surface area contributed by atoms with Crippen LogP contribution in [0.4, 0.5) is 10.8 Å². The smallest absolute Gasteiger partial charge is 0.262 e. The van der Waals surface area contributed by atoms with Gasteiger partial charge in [0.05, 0.1) is 33.0 Å². The lowest BCUT2D eigenvalue weighted by atomic mass is 10.1. The first-order valence-electron chi connectivity index (χ1n) is 12.1. The van der Waals surface area contributed by atoms with Gasteiger partial charge >= 0.3 is 0 Å². The Morgan fingerprint density at radius 2 is 1.68 bits per heavy atom. The Morgan fingerprint density at radius 3 is 2.37 bits per heavy atom. The van der Waals surface area contributed by atoms with Crippen LogP contribution in [0.2, 0.25) is 5.02 Å². The number of rotatable bonds is 11. The molecule has 0 aliphatic carbocycles. The second-order valence-corrected chi connectivity index (χ2v) is 11.4. The molecular formula is C27H29ClN4O4S2. The average molecular weight is 573 g/mol. The summed E-state index contributed by atoms with van der Waals surface area (Å²) in [5, 5.41) is 0.959. The fraction of sp³-hybridized carbons (Fsp3) is 0.259. The third-order valence-corrected chi connectivity index (χ3v) is 9.05. The highest BCUT2D eigenvalue weighted by molar-refractivity contribution is 7.92. The van der Waals surface area contributed by atoms with E-state index in [1.807, 2.05) is 0 Å². The van der Waals surface area contributed by atoms with Crippen molar-refractivity contribution < 1.29 is 17.9 Å². The van der Waals surface area contributed by atoms with E-state index in [-0.39, 0.29) is 22.1 Å². The lowest BCUT2D eigenvalue weighted by Crippen LogP contribution is -2.39. The minimum Gasteiger partial charge on any atom is -0.494 e. The van der Waals surface area contributed by atoms with Crippen molar-refractivity contribution in [3.63, 3.8) is 0 Å². The van der Waals surface area contributed by atoms with Crippen molar-refractivity contribution >= 4 is 59.9 Å². The molecule has 0 saturated carbocycles. The number of thiazole rings is 1. The van der Waals surface area contributed by atoms with Gasteiger partial charge in [0.25, 0.3) is 15.9 Å². The van der Waals surface area contributed by atoms with Crippen LogP contribution in [0.25, 0.3) is 10.2 Å². The van der Waals surface area contributed by atoms with Crippen LogP contribution in [0.15, 0.2) is 71.6 Å². The lowest BCUT2D eigenvalue weighted by Gasteiger charge is -2.25. The quantitative estimate of drug-likeness (QED) is 0.246. The van der Waals surface area contributed by atoms with Gasteiger partial charge in [0, 0.05) is 13.1 Å². The molecule has 0 aliphatic heterocycles. The second kappa shape index (κ2) is 12.1. The molecule has 38 heavy (non-hydrogen) atoms. The Kier molecular flexibility index (Phi) is 8.88. The maximum absolute atomic E-state index is 14.1. The third kappa shape index (κ3) is 5.94. The number of aromatic nitrogens is 1. The number of benzene rings is 3. The van der Waals surface area contributed by atoms with Crippen LogP contribution in [0.1, 0.15) is 24.2 Å². The van der Waals surface area contributed by atoms with Gasteiger partial charge in [-0.2, -0.15) is 0 Å². The lowest BCUT2D eigenvalue weighted by molar-refractivity contribution is 0.0984. The Morgan fingerprint density at radius 1 is 1.00 bits per heavy atom. The summed E-state index contributed by atoms with van der Waals surface area (Å²) in [6.07, 6.45) is 0. The van der Waals surface area contributed by atoms with Crippen molar-refractivity contribution in [1.29, 1.82) is 0 Å². The molecule has 200 valence electrons. The van der Waals surface area contributed by atoms with E-state index in [0.29, 0.717) is 39.2 Å². The number of hydrogen-bond acceptors (Lipinski definition) is 7. The van der Waals surface area contributed by atoms with Crippen molar-refractivity contribution in [2.75, 3.05) is 42.9 Å². The molecule has 0 saturated heterocycles. The van der Waals surface area contributed by atoms with Gasteiger partial charge in [-0.25, -0.2) is 13.4 Å². The number of likely N-dealkylation sites (N-methyl/N-ethyl adjacent to an activating group) is 1. The fourth-order valence-corrected chi connectivity index (χ4v) is 6.38. The summed E-state index contributed by atoms with van der Waals surface area (Å²) in [5.74, 6) is 0.178. The topological polar surface area (TPSA) is 91.8 Å². The number of nitrogens with zero attached hydrogens (tertiary/aromatic N) is 3. The van der Waals surface area contributed by atoms with Gasteiger partial charge in [-0.05, 0) is 49.5 Å². The predicted molar refractivity (Wildman–Crippen MR) is 154 cm³/mol. The molecular weight excluding hydrogens is 544 g/mol. The average Bonchev–Trinajstić information content (AvgIpc) is 3.38. The van der Waals surface area contributed by atoms with E-state index in [4.69, 9.17) is 21.3 Å². The Balaban J connectivity index is 1.76. The molecule has 0 bridgehead atoms. The van der Waals surface area contributed by atoms with E-state index in [0.717, 1.165) is 13.1 Å². The van der Waals surface area contributed by atoms with E-state index < -0.39 is 10.0 Å². The van der Waals surface area contributed by atoms with Crippen molar-refractivity contribution in [3.8, 4) is 5.75 Å². The highest BCUT2D eigenvalue weighted by Crippen LogP contribution is 2.39. The fourth-order valence-electron chi connectivity index (χ4n) is 3.99. The Bertz CT molecular complexity index is 1520. The van der Waals surface area contributed by atoms with Gasteiger partial charge in [0.1, 0.15) is 11.3 Å². The molecule has 1 N–H and O–H groups in total. The standard InChI is InChI=1S/C27H29ClN4O4S2/c1-4-31(5-2)17-18-32(27-29-24-23(36-3)16-15-21(28)25(24)37-27)26(33)20-13-9-10-14-22(20)30-38(34,35)19-11-7-6-8-12-19/h6-16,30H,4-5,17-18H2,1-3H3. The molecule has 0 aliphatic rings. The van der Waals surface area contributed by atoms with Gasteiger partial charge in [0.15, 0.2) is 5.13 Å². The first kappa shape index (κ1) is 27.8. The van der Waals surface area contributed by atoms with Gasteiger partial charge in [-0.1, -0.05) is 67.1 Å².